The van der Waals surface area contributed by atoms with E-state index in [1.165, 1.54) is 32.1 Å². The molecule has 0 saturated heterocycles. The largest absolute Gasteiger partial charge is 0.756 e. The number of unbranched alkanes of at least 4 members (excludes halogenated alkanes) is 10. The van der Waals surface area contributed by atoms with Gasteiger partial charge in [-0.15, -0.1) is 0 Å². The molecule has 0 aromatic carbocycles. The molecule has 0 saturated carbocycles. The molecule has 0 fully saturated rings. The Kier molecular flexibility index (Phi) is 34.5. The first-order valence-electron chi connectivity index (χ1n) is 20.2. The summed E-state index contributed by atoms with van der Waals surface area (Å²) in [5.74, 6) is -0.364. The molecule has 300 valence electrons. The van der Waals surface area contributed by atoms with Gasteiger partial charge in [0.2, 0.25) is 0 Å². The lowest BCUT2D eigenvalue weighted by Crippen LogP contribution is -2.37. The second kappa shape index (κ2) is 35.9. The minimum Gasteiger partial charge on any atom is -0.756 e. The zero-order valence-corrected chi connectivity index (χ0v) is 34.6. The quantitative estimate of drug-likeness (QED) is 0.0207. The number of allylic oxidation sites excluding steroid dienone is 12. The predicted molar refractivity (Wildman–Crippen MR) is 217 cm³/mol. The van der Waals surface area contributed by atoms with Crippen LogP contribution in [-0.2, 0) is 27.9 Å². The maximum Gasteiger partial charge on any atom is 0.306 e. The van der Waals surface area contributed by atoms with E-state index in [-0.39, 0.29) is 32.2 Å². The number of phosphoric ester groups is 1. The summed E-state index contributed by atoms with van der Waals surface area (Å²) in [6.45, 7) is 5.11. The van der Waals surface area contributed by atoms with Gasteiger partial charge < -0.3 is 27.9 Å². The van der Waals surface area contributed by atoms with Gasteiger partial charge in [0.15, 0.2) is 0 Å². The Morgan fingerprint density at radius 1 is 0.615 bits per heavy atom. The summed E-state index contributed by atoms with van der Waals surface area (Å²) >= 11 is 0. The normalized spacial score (nSPS) is 14.7. The minimum absolute atomic E-state index is 0.0123. The number of phosphoric acid groups is 1. The van der Waals surface area contributed by atoms with Crippen LogP contribution in [0.15, 0.2) is 72.9 Å². The van der Waals surface area contributed by atoms with Crippen LogP contribution in [0.2, 0.25) is 0 Å². The van der Waals surface area contributed by atoms with E-state index in [2.05, 4.69) is 86.8 Å². The summed E-state index contributed by atoms with van der Waals surface area (Å²) < 4.78 is 34.4. The molecule has 9 heteroatoms. The number of likely N-dealkylation sites (N-methyl/N-ethyl adjacent to an activating group) is 1. The first-order valence-corrected chi connectivity index (χ1v) is 21.6. The smallest absolute Gasteiger partial charge is 0.306 e. The topological polar surface area (TPSA) is 94.1 Å². The third-order valence-corrected chi connectivity index (χ3v) is 8.96. The van der Waals surface area contributed by atoms with Crippen molar-refractivity contribution in [3.05, 3.63) is 72.9 Å². The van der Waals surface area contributed by atoms with Crippen molar-refractivity contribution in [2.75, 3.05) is 54.1 Å². The third-order valence-electron chi connectivity index (χ3n) is 7.99. The fraction of sp³-hybridized carbons (Fsp3) is 0.698. The number of esters is 1. The molecule has 0 heterocycles. The third kappa shape index (κ3) is 39.2. The fourth-order valence-corrected chi connectivity index (χ4v) is 5.59. The Morgan fingerprint density at radius 3 is 1.69 bits per heavy atom. The Morgan fingerprint density at radius 2 is 1.12 bits per heavy atom. The molecular formula is C43H76NO7P. The van der Waals surface area contributed by atoms with Crippen LogP contribution in [-0.4, -0.2) is 70.7 Å². The average Bonchev–Trinajstić information content (AvgIpc) is 3.09. The van der Waals surface area contributed by atoms with Crippen molar-refractivity contribution in [1.82, 2.24) is 0 Å². The maximum atomic E-state index is 12.6. The molecule has 0 rings (SSSR count). The Balaban J connectivity index is 4.39. The van der Waals surface area contributed by atoms with Crippen molar-refractivity contribution < 1.29 is 37.3 Å². The lowest BCUT2D eigenvalue weighted by atomic mass is 10.1. The van der Waals surface area contributed by atoms with Crippen molar-refractivity contribution in [2.24, 2.45) is 0 Å². The van der Waals surface area contributed by atoms with Gasteiger partial charge in [-0.3, -0.25) is 9.36 Å². The molecule has 0 spiro atoms. The van der Waals surface area contributed by atoms with Crippen molar-refractivity contribution in [1.29, 1.82) is 0 Å². The Labute approximate surface area is 319 Å². The maximum absolute atomic E-state index is 12.6. The molecule has 2 atom stereocenters. The van der Waals surface area contributed by atoms with Crippen molar-refractivity contribution in [3.8, 4) is 0 Å². The highest BCUT2D eigenvalue weighted by atomic mass is 31.2. The highest BCUT2D eigenvalue weighted by Gasteiger charge is 2.20. The standard InChI is InChI=1S/C43H76NO7P/c1-6-8-10-12-14-16-18-20-21-22-23-24-25-27-29-31-33-35-38-48-40-42(41-50-52(46,47)49-39-37-44(3,4)5)51-43(45)36-34-32-30-28-26-19-17-15-13-11-9-7-2/h8,10,14-17,20-21,23-24,27,29,42H,6-7,9,11-13,18-19,22,25-26,28,30-41H2,1-5H3/b10-8-,16-14-,17-15-,21-20-,24-23-,29-27-. The number of rotatable bonds is 36. The molecule has 0 aromatic heterocycles. The van der Waals surface area contributed by atoms with Crippen molar-refractivity contribution in [3.63, 3.8) is 0 Å². The monoisotopic (exact) mass is 750 g/mol. The van der Waals surface area contributed by atoms with Crippen molar-refractivity contribution in [2.45, 2.75) is 142 Å². The van der Waals surface area contributed by atoms with Crippen LogP contribution in [0.1, 0.15) is 136 Å². The van der Waals surface area contributed by atoms with Crippen LogP contribution >= 0.6 is 7.82 Å². The zero-order valence-electron chi connectivity index (χ0n) is 33.7. The Hall–Kier alpha value is -2.06. The molecule has 0 aliphatic carbocycles. The molecule has 0 radical (unpaired) electrons. The molecular weight excluding hydrogens is 673 g/mol. The summed E-state index contributed by atoms with van der Waals surface area (Å²) in [7, 11) is 1.31. The zero-order chi connectivity index (χ0) is 38.4. The van der Waals surface area contributed by atoms with Crippen LogP contribution in [0.3, 0.4) is 0 Å². The van der Waals surface area contributed by atoms with Crippen LogP contribution < -0.4 is 4.89 Å². The highest BCUT2D eigenvalue weighted by molar-refractivity contribution is 7.45. The van der Waals surface area contributed by atoms with Gasteiger partial charge in [0, 0.05) is 13.0 Å². The van der Waals surface area contributed by atoms with E-state index >= 15 is 0 Å². The average molecular weight is 750 g/mol. The van der Waals surface area contributed by atoms with Gasteiger partial charge in [0.1, 0.15) is 19.3 Å². The summed E-state index contributed by atoms with van der Waals surface area (Å²) in [6, 6.07) is 0. The SMILES string of the molecule is CC/C=C\C/C=C\C/C=C\C/C=C\C/C=C\CCCCOCC(COP(=O)([O-])OCC[N+](C)(C)C)OC(=O)CCCCCCC/C=C\CCCCC. The van der Waals surface area contributed by atoms with Gasteiger partial charge in [0.25, 0.3) is 7.82 Å². The molecule has 0 amide bonds. The van der Waals surface area contributed by atoms with E-state index in [4.69, 9.17) is 18.5 Å². The summed E-state index contributed by atoms with van der Waals surface area (Å²) in [6.07, 6.45) is 44.9. The number of ether oxygens (including phenoxy) is 2. The molecule has 0 aliphatic heterocycles. The van der Waals surface area contributed by atoms with Crippen LogP contribution in [0.4, 0.5) is 0 Å². The highest BCUT2D eigenvalue weighted by Crippen LogP contribution is 2.38. The molecule has 0 aromatic rings. The van der Waals surface area contributed by atoms with Gasteiger partial charge in [-0.05, 0) is 83.5 Å². The lowest BCUT2D eigenvalue weighted by Gasteiger charge is -2.28. The lowest BCUT2D eigenvalue weighted by molar-refractivity contribution is -0.870. The van der Waals surface area contributed by atoms with E-state index < -0.39 is 13.9 Å². The van der Waals surface area contributed by atoms with E-state index in [0.717, 1.165) is 83.5 Å². The first-order chi connectivity index (χ1) is 25.1. The van der Waals surface area contributed by atoms with Gasteiger partial charge in [-0.1, -0.05) is 119 Å². The fourth-order valence-electron chi connectivity index (χ4n) is 4.86. The van der Waals surface area contributed by atoms with Gasteiger partial charge in [-0.25, -0.2) is 0 Å². The summed E-state index contributed by atoms with van der Waals surface area (Å²) in [5, 5.41) is 0. The van der Waals surface area contributed by atoms with Gasteiger partial charge >= 0.3 is 5.97 Å². The predicted octanol–water partition coefficient (Wildman–Crippen LogP) is 10.9. The molecule has 52 heavy (non-hydrogen) atoms. The van der Waals surface area contributed by atoms with Gasteiger partial charge in [-0.2, -0.15) is 0 Å². The number of carbonyl (C=O) groups excluding carboxylic acids is 1. The number of nitrogens with zero attached hydrogens (tertiary/aromatic N) is 1. The summed E-state index contributed by atoms with van der Waals surface area (Å²) in [5.41, 5.74) is 0. The Bertz CT molecular complexity index is 1060. The van der Waals surface area contributed by atoms with E-state index in [9.17, 15) is 14.3 Å². The van der Waals surface area contributed by atoms with Crippen LogP contribution in [0, 0.1) is 0 Å². The molecule has 0 bridgehead atoms. The first kappa shape index (κ1) is 49.9. The number of hydrogen-bond acceptors (Lipinski definition) is 7. The van der Waals surface area contributed by atoms with Crippen LogP contribution in [0.5, 0.6) is 0 Å². The van der Waals surface area contributed by atoms with Gasteiger partial charge in [0.05, 0.1) is 34.4 Å². The molecule has 0 N–H and O–H groups in total. The van der Waals surface area contributed by atoms with Crippen molar-refractivity contribution >= 4 is 13.8 Å². The van der Waals surface area contributed by atoms with E-state index in [1.807, 2.05) is 21.1 Å². The van der Waals surface area contributed by atoms with E-state index in [0.29, 0.717) is 17.6 Å². The number of carbonyl (C=O) groups is 1. The second-order valence-electron chi connectivity index (χ2n) is 14.3. The second-order valence-corrected chi connectivity index (χ2v) is 15.7. The molecule has 2 unspecified atom stereocenters. The molecule has 8 nitrogen and oxygen atoms in total. The molecule has 0 aliphatic rings. The number of quaternary nitrogens is 1. The van der Waals surface area contributed by atoms with E-state index in [1.54, 1.807) is 0 Å². The number of hydrogen-bond donors (Lipinski definition) is 0. The minimum atomic E-state index is -4.54. The summed E-state index contributed by atoms with van der Waals surface area (Å²) in [4.78, 5) is 24.9. The van der Waals surface area contributed by atoms with Crippen LogP contribution in [0.25, 0.3) is 0 Å².